The van der Waals surface area contributed by atoms with Gasteiger partial charge in [0.2, 0.25) is 0 Å². The zero-order valence-corrected chi connectivity index (χ0v) is 18.9. The number of nitrogens with zero attached hydrogens (tertiary/aromatic N) is 1. The van der Waals surface area contributed by atoms with Crippen LogP contribution < -0.4 is 10.9 Å². The third-order valence-corrected chi connectivity index (χ3v) is 6.31. The standard InChI is InChI=1S/C25H29N3O2S/c1-17-11-20-13-21(24(29)27-23(20)12-18(17)2)16-28(15-19-7-4-3-5-8-19)25(31)26-14-22-9-6-10-30-22/h3-5,7-8,11-13,22H,6,9-10,14-16H2,1-2H3,(H,26,31)(H,27,29). The summed E-state index contributed by atoms with van der Waals surface area (Å²) in [6.07, 6.45) is 2.35. The molecule has 0 amide bonds. The van der Waals surface area contributed by atoms with Crippen molar-refractivity contribution in [2.24, 2.45) is 0 Å². The lowest BCUT2D eigenvalue weighted by atomic mass is 10.0. The van der Waals surface area contributed by atoms with Crippen molar-refractivity contribution in [1.29, 1.82) is 0 Å². The minimum atomic E-state index is -0.0734. The molecule has 6 heteroatoms. The number of nitrogens with one attached hydrogen (secondary N) is 2. The fourth-order valence-corrected chi connectivity index (χ4v) is 4.18. The van der Waals surface area contributed by atoms with Gasteiger partial charge in [-0.1, -0.05) is 30.3 Å². The van der Waals surface area contributed by atoms with E-state index >= 15 is 0 Å². The number of thiocarbonyl (C=S) groups is 1. The molecule has 0 spiro atoms. The molecule has 1 unspecified atom stereocenters. The summed E-state index contributed by atoms with van der Waals surface area (Å²) in [5.74, 6) is 0. The second-order valence-corrected chi connectivity index (χ2v) is 8.70. The van der Waals surface area contributed by atoms with Crippen molar-refractivity contribution < 1.29 is 4.74 Å². The Hall–Kier alpha value is -2.70. The average Bonchev–Trinajstić information content (AvgIpc) is 3.28. The smallest absolute Gasteiger partial charge is 0.253 e. The molecule has 1 aliphatic rings. The van der Waals surface area contributed by atoms with Gasteiger partial charge in [-0.15, -0.1) is 0 Å². The lowest BCUT2D eigenvalue weighted by Crippen LogP contribution is -2.42. The minimum absolute atomic E-state index is 0.0734. The Morgan fingerprint density at radius 3 is 2.68 bits per heavy atom. The summed E-state index contributed by atoms with van der Waals surface area (Å²) in [5.41, 5.74) is 5.02. The minimum Gasteiger partial charge on any atom is -0.376 e. The van der Waals surface area contributed by atoms with Gasteiger partial charge in [0, 0.05) is 30.8 Å². The van der Waals surface area contributed by atoms with E-state index in [-0.39, 0.29) is 11.7 Å². The first-order chi connectivity index (χ1) is 15.0. The summed E-state index contributed by atoms with van der Waals surface area (Å²) in [5, 5.41) is 5.03. The van der Waals surface area contributed by atoms with Crippen LogP contribution >= 0.6 is 12.2 Å². The Bertz CT molecular complexity index is 1120. The van der Waals surface area contributed by atoms with Crippen LogP contribution in [0.5, 0.6) is 0 Å². The quantitative estimate of drug-likeness (QED) is 0.569. The fourth-order valence-electron chi connectivity index (χ4n) is 3.97. The predicted molar refractivity (Wildman–Crippen MR) is 129 cm³/mol. The van der Waals surface area contributed by atoms with Gasteiger partial charge in [0.05, 0.1) is 12.6 Å². The fraction of sp³-hybridized carbons (Fsp3) is 0.360. The molecule has 31 heavy (non-hydrogen) atoms. The third-order valence-electron chi connectivity index (χ3n) is 5.91. The highest BCUT2D eigenvalue weighted by Crippen LogP contribution is 2.18. The molecule has 0 bridgehead atoms. The lowest BCUT2D eigenvalue weighted by Gasteiger charge is -2.27. The van der Waals surface area contributed by atoms with Crippen LogP contribution in [-0.2, 0) is 17.8 Å². The Morgan fingerprint density at radius 1 is 1.16 bits per heavy atom. The first-order valence-electron chi connectivity index (χ1n) is 10.8. The zero-order valence-electron chi connectivity index (χ0n) is 18.1. The number of hydrogen-bond acceptors (Lipinski definition) is 3. The van der Waals surface area contributed by atoms with Gasteiger partial charge >= 0.3 is 0 Å². The summed E-state index contributed by atoms with van der Waals surface area (Å²) in [4.78, 5) is 17.9. The number of aromatic amines is 1. The van der Waals surface area contributed by atoms with Gasteiger partial charge in [-0.05, 0) is 79.2 Å². The van der Waals surface area contributed by atoms with Gasteiger partial charge in [-0.3, -0.25) is 4.79 Å². The molecular weight excluding hydrogens is 406 g/mol. The second kappa shape index (κ2) is 9.62. The molecule has 2 N–H and O–H groups in total. The molecule has 1 aromatic heterocycles. The van der Waals surface area contributed by atoms with Gasteiger partial charge < -0.3 is 19.9 Å². The number of pyridine rings is 1. The summed E-state index contributed by atoms with van der Waals surface area (Å²) in [7, 11) is 0. The van der Waals surface area contributed by atoms with Crippen LogP contribution in [0.4, 0.5) is 0 Å². The van der Waals surface area contributed by atoms with Gasteiger partial charge in [0.25, 0.3) is 5.56 Å². The lowest BCUT2D eigenvalue weighted by molar-refractivity contribution is 0.113. The molecule has 0 radical (unpaired) electrons. The van der Waals surface area contributed by atoms with Crippen LogP contribution in [-0.4, -0.2) is 34.3 Å². The van der Waals surface area contributed by atoms with E-state index in [2.05, 4.69) is 47.2 Å². The summed E-state index contributed by atoms with van der Waals surface area (Å²) in [6, 6.07) is 16.3. The van der Waals surface area contributed by atoms with Crippen molar-refractivity contribution >= 4 is 28.2 Å². The summed E-state index contributed by atoms with van der Waals surface area (Å²) < 4.78 is 5.71. The number of aryl methyl sites for hydroxylation is 2. The van der Waals surface area contributed by atoms with E-state index in [0.29, 0.717) is 30.3 Å². The van der Waals surface area contributed by atoms with E-state index < -0.39 is 0 Å². The summed E-state index contributed by atoms with van der Waals surface area (Å²) >= 11 is 5.73. The maximum atomic E-state index is 12.8. The number of hydrogen-bond donors (Lipinski definition) is 2. The second-order valence-electron chi connectivity index (χ2n) is 8.31. The average molecular weight is 436 g/mol. The number of benzene rings is 2. The Labute approximate surface area is 188 Å². The molecular formula is C25H29N3O2S. The molecule has 0 saturated carbocycles. The molecule has 1 aliphatic heterocycles. The van der Waals surface area contributed by atoms with E-state index in [9.17, 15) is 4.79 Å². The topological polar surface area (TPSA) is 57.4 Å². The van der Waals surface area contributed by atoms with Gasteiger partial charge in [0.1, 0.15) is 0 Å². The Kier molecular flexibility index (Phi) is 6.68. The van der Waals surface area contributed by atoms with Gasteiger partial charge in [-0.2, -0.15) is 0 Å². The normalized spacial score (nSPS) is 15.9. The van der Waals surface area contributed by atoms with Crippen LogP contribution in [0.25, 0.3) is 10.9 Å². The number of aromatic nitrogens is 1. The molecule has 0 aliphatic carbocycles. The largest absolute Gasteiger partial charge is 0.376 e. The maximum absolute atomic E-state index is 12.8. The van der Waals surface area contributed by atoms with Crippen molar-refractivity contribution in [3.05, 3.63) is 81.1 Å². The monoisotopic (exact) mass is 435 g/mol. The van der Waals surface area contributed by atoms with E-state index in [4.69, 9.17) is 17.0 Å². The van der Waals surface area contributed by atoms with Crippen molar-refractivity contribution in [3.63, 3.8) is 0 Å². The highest BCUT2D eigenvalue weighted by atomic mass is 32.1. The Morgan fingerprint density at radius 2 is 1.94 bits per heavy atom. The first kappa shape index (κ1) is 21.5. The van der Waals surface area contributed by atoms with Crippen molar-refractivity contribution in [1.82, 2.24) is 15.2 Å². The van der Waals surface area contributed by atoms with Crippen molar-refractivity contribution in [3.8, 4) is 0 Å². The van der Waals surface area contributed by atoms with E-state index in [1.807, 2.05) is 30.3 Å². The molecule has 2 heterocycles. The number of fused-ring (bicyclic) bond motifs is 1. The number of H-pyrrole nitrogens is 1. The van der Waals surface area contributed by atoms with E-state index in [1.165, 1.54) is 11.1 Å². The molecule has 162 valence electrons. The third kappa shape index (κ3) is 5.32. The van der Waals surface area contributed by atoms with Crippen LogP contribution in [0, 0.1) is 13.8 Å². The van der Waals surface area contributed by atoms with Gasteiger partial charge in [0.15, 0.2) is 5.11 Å². The molecule has 1 atom stereocenters. The highest BCUT2D eigenvalue weighted by Gasteiger charge is 2.18. The molecule has 4 rings (SSSR count). The van der Waals surface area contributed by atoms with Crippen LogP contribution in [0.1, 0.15) is 35.1 Å². The predicted octanol–water partition coefficient (Wildman–Crippen LogP) is 4.20. The molecule has 5 nitrogen and oxygen atoms in total. The van der Waals surface area contributed by atoms with Crippen LogP contribution in [0.15, 0.2) is 53.3 Å². The molecule has 2 aromatic carbocycles. The molecule has 3 aromatic rings. The number of rotatable bonds is 6. The SMILES string of the molecule is Cc1cc2cc(CN(Cc3ccccc3)C(=S)NCC3CCCO3)c(=O)[nH]c2cc1C. The zero-order chi connectivity index (χ0) is 21.8. The van der Waals surface area contributed by atoms with Crippen molar-refractivity contribution in [2.45, 2.75) is 45.9 Å². The van der Waals surface area contributed by atoms with Gasteiger partial charge in [-0.25, -0.2) is 0 Å². The number of ether oxygens (including phenoxy) is 1. The first-order valence-corrected chi connectivity index (χ1v) is 11.2. The van der Waals surface area contributed by atoms with Crippen LogP contribution in [0.2, 0.25) is 0 Å². The Balaban J connectivity index is 1.58. The maximum Gasteiger partial charge on any atom is 0.253 e. The molecule has 1 saturated heterocycles. The van der Waals surface area contributed by atoms with E-state index in [0.717, 1.165) is 35.9 Å². The van der Waals surface area contributed by atoms with Crippen LogP contribution in [0.3, 0.4) is 0 Å². The van der Waals surface area contributed by atoms with E-state index in [1.54, 1.807) is 0 Å². The molecule has 1 fully saturated rings. The van der Waals surface area contributed by atoms with Crippen molar-refractivity contribution in [2.75, 3.05) is 13.2 Å². The summed E-state index contributed by atoms with van der Waals surface area (Å²) in [6.45, 7) is 6.72. The highest BCUT2D eigenvalue weighted by molar-refractivity contribution is 7.80.